The first-order valence-corrected chi connectivity index (χ1v) is 9.96. The van der Waals surface area contributed by atoms with Gasteiger partial charge in [-0.2, -0.15) is 0 Å². The van der Waals surface area contributed by atoms with Gasteiger partial charge in [-0.3, -0.25) is 9.89 Å². The van der Waals surface area contributed by atoms with Gasteiger partial charge in [0, 0.05) is 49.9 Å². The van der Waals surface area contributed by atoms with Crippen LogP contribution in [0.2, 0.25) is 0 Å². The first kappa shape index (κ1) is 21.6. The Morgan fingerprint density at radius 1 is 1.29 bits per heavy atom. The van der Waals surface area contributed by atoms with Crippen molar-refractivity contribution in [2.75, 3.05) is 26.9 Å². The van der Waals surface area contributed by atoms with E-state index in [1.807, 2.05) is 0 Å². The van der Waals surface area contributed by atoms with Crippen LogP contribution in [0.4, 0.5) is 4.39 Å². The van der Waals surface area contributed by atoms with E-state index in [2.05, 4.69) is 20.5 Å². The lowest BCUT2D eigenvalue weighted by atomic mass is 10.1. The molecule has 6 nitrogen and oxygen atoms in total. The molecule has 0 spiro atoms. The van der Waals surface area contributed by atoms with E-state index in [1.54, 1.807) is 7.05 Å². The van der Waals surface area contributed by atoms with Gasteiger partial charge in [0.05, 0.1) is 6.61 Å². The molecular weight excluding hydrogens is 474 g/mol. The maximum absolute atomic E-state index is 13.9. The van der Waals surface area contributed by atoms with Crippen LogP contribution in [0, 0.1) is 5.82 Å². The topological polar surface area (TPSA) is 58.1 Å². The van der Waals surface area contributed by atoms with Crippen LogP contribution in [-0.4, -0.2) is 49.9 Å². The SMILES string of the molecule is CN=C(NCc1cc(F)cc2c1OCOC2)NC1CCN(C2CCCC2)C1.I. The fourth-order valence-corrected chi connectivity index (χ4v) is 4.46. The quantitative estimate of drug-likeness (QED) is 0.375. The van der Waals surface area contributed by atoms with E-state index in [0.717, 1.165) is 48.4 Å². The number of rotatable bonds is 4. The Morgan fingerprint density at radius 2 is 2.11 bits per heavy atom. The Bertz CT molecular complexity index is 697. The third-order valence-electron chi connectivity index (χ3n) is 5.82. The van der Waals surface area contributed by atoms with E-state index in [-0.39, 0.29) is 36.6 Å². The van der Waals surface area contributed by atoms with Gasteiger partial charge in [0.2, 0.25) is 0 Å². The molecule has 3 aliphatic rings. The number of hydrogen-bond donors (Lipinski definition) is 2. The molecule has 8 heteroatoms. The standard InChI is InChI=1S/C20H29FN4O2.HI/c1-22-20(24-17-6-7-25(11-17)18-4-2-3-5-18)23-10-14-8-16(21)9-15-12-26-13-27-19(14)15;/h8-9,17-18H,2-7,10-13H2,1H3,(H2,22,23,24);1H. The maximum atomic E-state index is 13.9. The van der Waals surface area contributed by atoms with Crippen LogP contribution in [0.1, 0.15) is 43.2 Å². The third kappa shape index (κ3) is 5.07. The average molecular weight is 504 g/mol. The largest absolute Gasteiger partial charge is 0.467 e. The third-order valence-corrected chi connectivity index (χ3v) is 5.82. The molecule has 1 aromatic rings. The Hall–Kier alpha value is -1.13. The second-order valence-electron chi connectivity index (χ2n) is 7.65. The molecule has 0 radical (unpaired) electrons. The van der Waals surface area contributed by atoms with Crippen LogP contribution >= 0.6 is 24.0 Å². The predicted molar refractivity (Wildman–Crippen MR) is 118 cm³/mol. The predicted octanol–water partition coefficient (Wildman–Crippen LogP) is 2.99. The molecule has 2 aliphatic heterocycles. The molecule has 1 atom stereocenters. The van der Waals surface area contributed by atoms with Crippen molar-refractivity contribution in [1.82, 2.24) is 15.5 Å². The number of ether oxygens (including phenoxy) is 2. The first-order valence-electron chi connectivity index (χ1n) is 9.96. The van der Waals surface area contributed by atoms with E-state index in [0.29, 0.717) is 19.2 Å². The summed E-state index contributed by atoms with van der Waals surface area (Å²) in [6.07, 6.45) is 6.55. The maximum Gasteiger partial charge on any atom is 0.191 e. The van der Waals surface area contributed by atoms with Crippen LogP contribution in [0.5, 0.6) is 5.75 Å². The van der Waals surface area contributed by atoms with Crippen LogP contribution in [-0.2, 0) is 17.9 Å². The Balaban J connectivity index is 0.00000225. The van der Waals surface area contributed by atoms with Gasteiger partial charge in [-0.1, -0.05) is 12.8 Å². The van der Waals surface area contributed by atoms with Crippen molar-refractivity contribution in [3.63, 3.8) is 0 Å². The highest BCUT2D eigenvalue weighted by Crippen LogP contribution is 2.29. The van der Waals surface area contributed by atoms with Gasteiger partial charge in [0.25, 0.3) is 0 Å². The molecule has 2 N–H and O–H groups in total. The molecule has 2 fully saturated rings. The molecule has 28 heavy (non-hydrogen) atoms. The second kappa shape index (κ2) is 10.1. The second-order valence-corrected chi connectivity index (χ2v) is 7.65. The molecule has 2 heterocycles. The highest BCUT2D eigenvalue weighted by Gasteiger charge is 2.30. The van der Waals surface area contributed by atoms with Crippen molar-refractivity contribution in [3.8, 4) is 5.75 Å². The summed E-state index contributed by atoms with van der Waals surface area (Å²) in [4.78, 5) is 6.96. The van der Waals surface area contributed by atoms with E-state index < -0.39 is 0 Å². The number of hydrogen-bond acceptors (Lipinski definition) is 4. The van der Waals surface area contributed by atoms with E-state index in [4.69, 9.17) is 9.47 Å². The van der Waals surface area contributed by atoms with Crippen LogP contribution in [0.15, 0.2) is 17.1 Å². The van der Waals surface area contributed by atoms with Gasteiger partial charge in [0.15, 0.2) is 12.8 Å². The molecule has 4 rings (SSSR count). The van der Waals surface area contributed by atoms with Gasteiger partial charge in [0.1, 0.15) is 11.6 Å². The summed E-state index contributed by atoms with van der Waals surface area (Å²) in [6, 6.07) is 4.16. The van der Waals surface area contributed by atoms with Crippen molar-refractivity contribution >= 4 is 29.9 Å². The zero-order chi connectivity index (χ0) is 18.6. The number of guanidine groups is 1. The van der Waals surface area contributed by atoms with Crippen molar-refractivity contribution in [1.29, 1.82) is 0 Å². The number of likely N-dealkylation sites (tertiary alicyclic amines) is 1. The van der Waals surface area contributed by atoms with E-state index >= 15 is 0 Å². The fourth-order valence-electron chi connectivity index (χ4n) is 4.46. The summed E-state index contributed by atoms with van der Waals surface area (Å²) >= 11 is 0. The van der Waals surface area contributed by atoms with E-state index in [9.17, 15) is 4.39 Å². The van der Waals surface area contributed by atoms with Crippen molar-refractivity contribution in [2.45, 2.75) is 57.3 Å². The number of halogens is 2. The van der Waals surface area contributed by atoms with Crippen molar-refractivity contribution in [3.05, 3.63) is 29.1 Å². The molecule has 1 saturated carbocycles. The summed E-state index contributed by atoms with van der Waals surface area (Å²) in [5, 5.41) is 6.83. The van der Waals surface area contributed by atoms with Crippen molar-refractivity contribution in [2.24, 2.45) is 4.99 Å². The van der Waals surface area contributed by atoms with Gasteiger partial charge in [-0.15, -0.1) is 24.0 Å². The minimum atomic E-state index is -0.273. The fraction of sp³-hybridized carbons (Fsp3) is 0.650. The van der Waals surface area contributed by atoms with Gasteiger partial charge >= 0.3 is 0 Å². The Kier molecular flexibility index (Phi) is 7.76. The van der Waals surface area contributed by atoms with Crippen LogP contribution < -0.4 is 15.4 Å². The molecule has 1 unspecified atom stereocenters. The monoisotopic (exact) mass is 504 g/mol. The summed E-state index contributed by atoms with van der Waals surface area (Å²) < 4.78 is 24.7. The number of fused-ring (bicyclic) bond motifs is 1. The lowest BCUT2D eigenvalue weighted by Gasteiger charge is -2.24. The zero-order valence-corrected chi connectivity index (χ0v) is 18.7. The first-order chi connectivity index (χ1) is 13.2. The van der Waals surface area contributed by atoms with Gasteiger partial charge in [-0.25, -0.2) is 4.39 Å². The van der Waals surface area contributed by atoms with Crippen LogP contribution in [0.3, 0.4) is 0 Å². The minimum Gasteiger partial charge on any atom is -0.467 e. The molecule has 0 bridgehead atoms. The summed E-state index contributed by atoms with van der Waals surface area (Å²) in [5.41, 5.74) is 1.54. The average Bonchev–Trinajstić information content (AvgIpc) is 3.36. The normalized spacial score (nSPS) is 23.1. The van der Waals surface area contributed by atoms with E-state index in [1.165, 1.54) is 37.8 Å². The van der Waals surface area contributed by atoms with Gasteiger partial charge in [-0.05, 0) is 31.4 Å². The summed E-state index contributed by atoms with van der Waals surface area (Å²) in [6.45, 7) is 3.27. The Morgan fingerprint density at radius 3 is 2.89 bits per heavy atom. The lowest BCUT2D eigenvalue weighted by molar-refractivity contribution is -0.0172. The molecule has 0 aromatic heterocycles. The molecule has 1 saturated heterocycles. The molecule has 1 aliphatic carbocycles. The molecule has 1 aromatic carbocycles. The number of aliphatic imine (C=N–C) groups is 1. The Labute approximate surface area is 183 Å². The van der Waals surface area contributed by atoms with Crippen LogP contribution in [0.25, 0.3) is 0 Å². The minimum absolute atomic E-state index is 0. The lowest BCUT2D eigenvalue weighted by Crippen LogP contribution is -2.45. The number of benzene rings is 1. The highest BCUT2D eigenvalue weighted by atomic mass is 127. The number of nitrogens with one attached hydrogen (secondary N) is 2. The van der Waals surface area contributed by atoms with Crippen molar-refractivity contribution < 1.29 is 13.9 Å². The molecule has 0 amide bonds. The summed E-state index contributed by atoms with van der Waals surface area (Å²) in [5.74, 6) is 1.20. The smallest absolute Gasteiger partial charge is 0.191 e. The number of nitrogens with zero attached hydrogens (tertiary/aromatic N) is 2. The zero-order valence-electron chi connectivity index (χ0n) is 16.4. The molecular formula is C20H30FIN4O2. The summed E-state index contributed by atoms with van der Waals surface area (Å²) in [7, 11) is 1.77. The van der Waals surface area contributed by atoms with Gasteiger partial charge < -0.3 is 20.1 Å². The highest BCUT2D eigenvalue weighted by molar-refractivity contribution is 14.0. The molecule has 156 valence electrons.